The van der Waals surface area contributed by atoms with Crippen molar-refractivity contribution in [1.29, 1.82) is 0 Å². The molecule has 0 saturated carbocycles. The number of likely N-dealkylation sites (N-methyl/N-ethyl adjacent to an activating group) is 1. The van der Waals surface area contributed by atoms with Crippen LogP contribution in [-0.2, 0) is 6.54 Å². The number of piperidine rings is 1. The fourth-order valence-corrected chi connectivity index (χ4v) is 2.66. The highest BCUT2D eigenvalue weighted by Crippen LogP contribution is 2.16. The maximum atomic E-state index is 2.59. The first kappa shape index (κ1) is 12.6. The molecule has 1 saturated heterocycles. The predicted molar refractivity (Wildman–Crippen MR) is 73.2 cm³/mol. The first-order valence-corrected chi connectivity index (χ1v) is 6.59. The molecule has 1 atom stereocenters. The highest BCUT2D eigenvalue weighted by Gasteiger charge is 2.21. The Bertz CT molecular complexity index is 360. The van der Waals surface area contributed by atoms with Gasteiger partial charge in [-0.1, -0.05) is 29.8 Å². The molecule has 0 N–H and O–H groups in total. The number of hydrogen-bond donors (Lipinski definition) is 0. The first-order valence-electron chi connectivity index (χ1n) is 6.59. The Kier molecular flexibility index (Phi) is 4.19. The van der Waals surface area contributed by atoms with Crippen molar-refractivity contribution in [2.75, 3.05) is 27.2 Å². The summed E-state index contributed by atoms with van der Waals surface area (Å²) in [5.74, 6) is 0. The van der Waals surface area contributed by atoms with E-state index in [4.69, 9.17) is 0 Å². The average molecular weight is 232 g/mol. The van der Waals surface area contributed by atoms with E-state index in [1.54, 1.807) is 0 Å². The fraction of sp³-hybridized carbons (Fsp3) is 0.600. The molecule has 2 rings (SSSR count). The van der Waals surface area contributed by atoms with Gasteiger partial charge in [0.1, 0.15) is 0 Å². The SMILES string of the molecule is Cc1cccc(CN2CCCC(N(C)C)C2)c1. The first-order chi connectivity index (χ1) is 8.15. The van der Waals surface area contributed by atoms with Gasteiger partial charge in [-0.05, 0) is 46.0 Å². The zero-order valence-corrected chi connectivity index (χ0v) is 11.3. The van der Waals surface area contributed by atoms with E-state index in [2.05, 4.69) is 55.1 Å². The lowest BCUT2D eigenvalue weighted by Crippen LogP contribution is -2.44. The quantitative estimate of drug-likeness (QED) is 0.790. The molecule has 1 unspecified atom stereocenters. The second-order valence-corrected chi connectivity index (χ2v) is 5.48. The van der Waals surface area contributed by atoms with Gasteiger partial charge in [0, 0.05) is 19.1 Å². The smallest absolute Gasteiger partial charge is 0.0234 e. The largest absolute Gasteiger partial charge is 0.305 e. The van der Waals surface area contributed by atoms with E-state index < -0.39 is 0 Å². The topological polar surface area (TPSA) is 6.48 Å². The summed E-state index contributed by atoms with van der Waals surface area (Å²) < 4.78 is 0. The molecule has 0 bridgehead atoms. The summed E-state index contributed by atoms with van der Waals surface area (Å²) in [6.07, 6.45) is 2.67. The molecule has 1 aliphatic heterocycles. The normalized spacial score (nSPS) is 22.0. The van der Waals surface area contributed by atoms with E-state index in [0.717, 1.165) is 12.6 Å². The van der Waals surface area contributed by atoms with Crippen LogP contribution in [-0.4, -0.2) is 43.0 Å². The van der Waals surface area contributed by atoms with Gasteiger partial charge in [-0.2, -0.15) is 0 Å². The van der Waals surface area contributed by atoms with Crippen LogP contribution in [0, 0.1) is 6.92 Å². The minimum atomic E-state index is 0.730. The average Bonchev–Trinajstić information content (AvgIpc) is 2.29. The van der Waals surface area contributed by atoms with Gasteiger partial charge in [0.05, 0.1) is 0 Å². The summed E-state index contributed by atoms with van der Waals surface area (Å²) in [5, 5.41) is 0. The fourth-order valence-electron chi connectivity index (χ4n) is 2.66. The minimum absolute atomic E-state index is 0.730. The molecule has 1 aromatic rings. The Morgan fingerprint density at radius 1 is 1.35 bits per heavy atom. The number of likely N-dealkylation sites (tertiary alicyclic amines) is 1. The summed E-state index contributed by atoms with van der Waals surface area (Å²) in [6.45, 7) is 5.73. The van der Waals surface area contributed by atoms with Crippen LogP contribution in [0.5, 0.6) is 0 Å². The van der Waals surface area contributed by atoms with Crippen molar-refractivity contribution in [1.82, 2.24) is 9.80 Å². The highest BCUT2D eigenvalue weighted by atomic mass is 15.2. The van der Waals surface area contributed by atoms with Crippen molar-refractivity contribution in [2.45, 2.75) is 32.4 Å². The number of nitrogens with zero attached hydrogens (tertiary/aromatic N) is 2. The van der Waals surface area contributed by atoms with Gasteiger partial charge in [0.2, 0.25) is 0 Å². The number of aryl methyl sites for hydroxylation is 1. The molecule has 1 aromatic carbocycles. The zero-order chi connectivity index (χ0) is 12.3. The maximum absolute atomic E-state index is 2.59. The van der Waals surface area contributed by atoms with E-state index in [9.17, 15) is 0 Å². The van der Waals surface area contributed by atoms with Crippen LogP contribution in [0.15, 0.2) is 24.3 Å². The van der Waals surface area contributed by atoms with Gasteiger partial charge < -0.3 is 4.90 Å². The molecule has 1 heterocycles. The monoisotopic (exact) mass is 232 g/mol. The summed E-state index contributed by atoms with van der Waals surface area (Å²) in [6, 6.07) is 9.61. The van der Waals surface area contributed by atoms with Gasteiger partial charge in [-0.15, -0.1) is 0 Å². The number of benzene rings is 1. The second-order valence-electron chi connectivity index (χ2n) is 5.48. The lowest BCUT2D eigenvalue weighted by molar-refractivity contribution is 0.128. The molecule has 0 aromatic heterocycles. The van der Waals surface area contributed by atoms with E-state index >= 15 is 0 Å². The van der Waals surface area contributed by atoms with Crippen LogP contribution in [0.25, 0.3) is 0 Å². The zero-order valence-electron chi connectivity index (χ0n) is 11.3. The van der Waals surface area contributed by atoms with Crippen LogP contribution in [0.3, 0.4) is 0 Å². The summed E-state index contributed by atoms with van der Waals surface area (Å²) >= 11 is 0. The standard InChI is InChI=1S/C15H24N2/c1-13-6-4-7-14(10-13)11-17-9-5-8-15(12-17)16(2)3/h4,6-7,10,15H,5,8-9,11-12H2,1-3H3. The molecule has 0 amide bonds. The summed E-state index contributed by atoms with van der Waals surface area (Å²) in [4.78, 5) is 4.95. The molecule has 1 aliphatic rings. The molecule has 94 valence electrons. The van der Waals surface area contributed by atoms with Gasteiger partial charge in [0.25, 0.3) is 0 Å². The lowest BCUT2D eigenvalue weighted by atomic mass is 10.0. The van der Waals surface area contributed by atoms with Crippen LogP contribution < -0.4 is 0 Å². The summed E-state index contributed by atoms with van der Waals surface area (Å²) in [5.41, 5.74) is 2.81. The molecule has 0 radical (unpaired) electrons. The molecular weight excluding hydrogens is 208 g/mol. The van der Waals surface area contributed by atoms with Crippen molar-refractivity contribution < 1.29 is 0 Å². The highest BCUT2D eigenvalue weighted by molar-refractivity contribution is 5.22. The summed E-state index contributed by atoms with van der Waals surface area (Å²) in [7, 11) is 4.39. The van der Waals surface area contributed by atoms with Gasteiger partial charge >= 0.3 is 0 Å². The third-order valence-corrected chi connectivity index (χ3v) is 3.70. The second kappa shape index (κ2) is 5.65. The van der Waals surface area contributed by atoms with Crippen LogP contribution in [0.1, 0.15) is 24.0 Å². The van der Waals surface area contributed by atoms with Crippen molar-refractivity contribution in [2.24, 2.45) is 0 Å². The Balaban J connectivity index is 1.94. The van der Waals surface area contributed by atoms with E-state index in [0.29, 0.717) is 0 Å². The van der Waals surface area contributed by atoms with Crippen molar-refractivity contribution in [3.63, 3.8) is 0 Å². The van der Waals surface area contributed by atoms with E-state index in [-0.39, 0.29) is 0 Å². The third-order valence-electron chi connectivity index (χ3n) is 3.70. The van der Waals surface area contributed by atoms with Crippen molar-refractivity contribution >= 4 is 0 Å². The van der Waals surface area contributed by atoms with Gasteiger partial charge in [-0.3, -0.25) is 4.90 Å². The number of rotatable bonds is 3. The maximum Gasteiger partial charge on any atom is 0.0234 e. The molecule has 0 spiro atoms. The number of hydrogen-bond acceptors (Lipinski definition) is 2. The lowest BCUT2D eigenvalue weighted by Gasteiger charge is -2.36. The Hall–Kier alpha value is -0.860. The van der Waals surface area contributed by atoms with Crippen molar-refractivity contribution in [3.8, 4) is 0 Å². The Morgan fingerprint density at radius 3 is 2.88 bits per heavy atom. The molecule has 2 heteroatoms. The molecule has 2 nitrogen and oxygen atoms in total. The van der Waals surface area contributed by atoms with Crippen LogP contribution in [0.4, 0.5) is 0 Å². The minimum Gasteiger partial charge on any atom is -0.305 e. The molecule has 0 aliphatic carbocycles. The molecule has 17 heavy (non-hydrogen) atoms. The van der Waals surface area contributed by atoms with Gasteiger partial charge in [0.15, 0.2) is 0 Å². The molecular formula is C15H24N2. The Labute approximate surface area is 105 Å². The van der Waals surface area contributed by atoms with Crippen LogP contribution in [0.2, 0.25) is 0 Å². The van der Waals surface area contributed by atoms with E-state index in [1.807, 2.05) is 0 Å². The molecule has 1 fully saturated rings. The van der Waals surface area contributed by atoms with Crippen LogP contribution >= 0.6 is 0 Å². The van der Waals surface area contributed by atoms with Crippen molar-refractivity contribution in [3.05, 3.63) is 35.4 Å². The Morgan fingerprint density at radius 2 is 2.18 bits per heavy atom. The third kappa shape index (κ3) is 3.55. The predicted octanol–water partition coefficient (Wildman–Crippen LogP) is 2.52. The van der Waals surface area contributed by atoms with Gasteiger partial charge in [-0.25, -0.2) is 0 Å². The van der Waals surface area contributed by atoms with E-state index in [1.165, 1.54) is 37.1 Å².